The number of carboxylic acids is 1. The molecule has 0 saturated heterocycles. The molecule has 0 fully saturated rings. The van der Waals surface area contributed by atoms with Crippen molar-refractivity contribution in [1.29, 1.82) is 0 Å². The van der Waals surface area contributed by atoms with Gasteiger partial charge in [-0.25, -0.2) is 0 Å². The average Bonchev–Trinajstić information content (AvgIpc) is 1.38. The molecule has 2 nitrogen and oxygen atoms in total. The standard InChI is InChI=1S/C2H4O2S.2Na.2H/c3-2(4)1-5;;;;/h5H,1H2,(H,3,4);;;;. The van der Waals surface area contributed by atoms with Crippen molar-refractivity contribution in [2.24, 2.45) is 0 Å². The number of hydrogen-bond donors (Lipinski definition) is 2. The topological polar surface area (TPSA) is 37.3 Å². The molecule has 0 bridgehead atoms. The van der Waals surface area contributed by atoms with Gasteiger partial charge in [0.05, 0.1) is 5.75 Å². The van der Waals surface area contributed by atoms with Gasteiger partial charge in [-0.05, 0) is 0 Å². The van der Waals surface area contributed by atoms with E-state index >= 15 is 0 Å². The summed E-state index contributed by atoms with van der Waals surface area (Å²) in [6.07, 6.45) is 0. The van der Waals surface area contributed by atoms with Crippen molar-refractivity contribution in [3.05, 3.63) is 0 Å². The Balaban J connectivity index is -0.0000000800. The summed E-state index contributed by atoms with van der Waals surface area (Å²) < 4.78 is 0. The summed E-state index contributed by atoms with van der Waals surface area (Å²) in [4.78, 5) is 9.29. The van der Waals surface area contributed by atoms with E-state index < -0.39 is 5.97 Å². The molecule has 0 radical (unpaired) electrons. The van der Waals surface area contributed by atoms with Crippen LogP contribution < -0.4 is 0 Å². The van der Waals surface area contributed by atoms with Gasteiger partial charge in [0.1, 0.15) is 0 Å². The molecule has 0 rings (SSSR count). The third kappa shape index (κ3) is 18.2. The van der Waals surface area contributed by atoms with Gasteiger partial charge in [0, 0.05) is 0 Å². The summed E-state index contributed by atoms with van der Waals surface area (Å²) in [6, 6.07) is 0. The zero-order chi connectivity index (χ0) is 4.28. The Kier molecular flexibility index (Phi) is 24.4. The molecule has 1 N–H and O–H groups in total. The molecule has 0 aromatic carbocycles. The summed E-state index contributed by atoms with van der Waals surface area (Å²) in [5, 5.41) is 7.65. The Hall–Kier alpha value is 1.82. The van der Waals surface area contributed by atoms with Crippen LogP contribution in [0.4, 0.5) is 0 Å². The van der Waals surface area contributed by atoms with Crippen LogP contribution in [0.2, 0.25) is 0 Å². The second kappa shape index (κ2) is 10.7. The number of aliphatic carboxylic acids is 1. The van der Waals surface area contributed by atoms with E-state index in [1.807, 2.05) is 0 Å². The molecule has 0 heterocycles. The second-order valence-corrected chi connectivity index (χ2v) is 0.868. The van der Waals surface area contributed by atoms with Crippen LogP contribution >= 0.6 is 12.6 Å². The number of carboxylic acid groups (broad SMARTS) is 1. The van der Waals surface area contributed by atoms with Gasteiger partial charge in [-0.2, -0.15) is 12.6 Å². The van der Waals surface area contributed by atoms with Crippen LogP contribution in [0.1, 0.15) is 0 Å². The molecule has 0 spiro atoms. The van der Waals surface area contributed by atoms with Crippen molar-refractivity contribution in [3.8, 4) is 0 Å². The minimum atomic E-state index is -0.881. The molecule has 0 atom stereocenters. The minimum absolute atomic E-state index is 0. The molecule has 0 aliphatic rings. The van der Waals surface area contributed by atoms with Crippen molar-refractivity contribution in [1.82, 2.24) is 0 Å². The van der Waals surface area contributed by atoms with Crippen LogP contribution in [0.3, 0.4) is 0 Å². The first-order valence-electron chi connectivity index (χ1n) is 1.10. The van der Waals surface area contributed by atoms with Crippen LogP contribution in [0, 0.1) is 0 Å². The van der Waals surface area contributed by atoms with E-state index in [9.17, 15) is 4.79 Å². The Labute approximate surface area is 92.0 Å². The molecule has 0 aromatic heterocycles. The molecule has 34 valence electrons. The molecule has 0 amide bonds. The maximum absolute atomic E-state index is 9.29. The van der Waals surface area contributed by atoms with Gasteiger partial charge in [0.2, 0.25) is 0 Å². The molecule has 0 aliphatic heterocycles. The predicted octanol–water partition coefficient (Wildman–Crippen LogP) is -1.30. The van der Waals surface area contributed by atoms with E-state index in [2.05, 4.69) is 12.6 Å². The summed E-state index contributed by atoms with van der Waals surface area (Å²) in [5.74, 6) is -0.965. The summed E-state index contributed by atoms with van der Waals surface area (Å²) in [5.41, 5.74) is 0. The second-order valence-electron chi connectivity index (χ2n) is 0.552. The Morgan fingerprint density at radius 2 is 1.71 bits per heavy atom. The fraction of sp³-hybridized carbons (Fsp3) is 0.500. The first-order valence-corrected chi connectivity index (χ1v) is 1.73. The van der Waals surface area contributed by atoms with E-state index in [4.69, 9.17) is 5.11 Å². The van der Waals surface area contributed by atoms with Crippen molar-refractivity contribution >= 4 is 77.7 Å². The van der Waals surface area contributed by atoms with Crippen molar-refractivity contribution in [3.63, 3.8) is 0 Å². The van der Waals surface area contributed by atoms with E-state index in [0.717, 1.165) is 0 Å². The quantitative estimate of drug-likeness (QED) is 0.351. The van der Waals surface area contributed by atoms with Gasteiger partial charge in [0.15, 0.2) is 0 Å². The van der Waals surface area contributed by atoms with E-state index in [1.54, 1.807) is 0 Å². The van der Waals surface area contributed by atoms with Crippen LogP contribution in [0.15, 0.2) is 0 Å². The number of carbonyl (C=O) groups is 1. The van der Waals surface area contributed by atoms with Crippen LogP contribution in [0.25, 0.3) is 0 Å². The Morgan fingerprint density at radius 1 is 1.57 bits per heavy atom. The Bertz CT molecular complexity index is 49.0. The van der Waals surface area contributed by atoms with Gasteiger partial charge in [-0.1, -0.05) is 0 Å². The molecular weight excluding hydrogens is 134 g/mol. The van der Waals surface area contributed by atoms with Gasteiger partial charge >= 0.3 is 65.1 Å². The zero-order valence-corrected chi connectivity index (χ0v) is 3.40. The summed E-state index contributed by atoms with van der Waals surface area (Å²) >= 11 is 3.42. The number of thiol groups is 1. The van der Waals surface area contributed by atoms with Gasteiger partial charge in [0.25, 0.3) is 0 Å². The first kappa shape index (κ1) is 15.9. The number of rotatable bonds is 1. The molecular formula is C2H6Na2O2S. The SMILES string of the molecule is O=C(O)CS.[NaH].[NaH]. The van der Waals surface area contributed by atoms with Crippen molar-refractivity contribution in [2.75, 3.05) is 5.75 Å². The first-order chi connectivity index (χ1) is 2.27. The van der Waals surface area contributed by atoms with E-state index in [-0.39, 0.29) is 64.9 Å². The fourth-order valence-electron chi connectivity index (χ4n) is 0. The average molecular weight is 140 g/mol. The molecule has 7 heavy (non-hydrogen) atoms. The van der Waals surface area contributed by atoms with Gasteiger partial charge < -0.3 is 5.11 Å². The molecule has 0 saturated carbocycles. The normalized spacial score (nSPS) is 5.29. The third-order valence-electron chi connectivity index (χ3n) is 0.135. The molecule has 0 unspecified atom stereocenters. The van der Waals surface area contributed by atoms with Crippen LogP contribution in [-0.2, 0) is 4.79 Å². The van der Waals surface area contributed by atoms with E-state index in [1.165, 1.54) is 0 Å². The van der Waals surface area contributed by atoms with Crippen LogP contribution in [-0.4, -0.2) is 75.9 Å². The zero-order valence-electron chi connectivity index (χ0n) is 2.51. The molecule has 0 aliphatic carbocycles. The predicted molar refractivity (Wildman–Crippen MR) is 35.8 cm³/mol. The molecule has 0 aromatic rings. The van der Waals surface area contributed by atoms with E-state index in [0.29, 0.717) is 0 Å². The van der Waals surface area contributed by atoms with Crippen molar-refractivity contribution < 1.29 is 9.90 Å². The fourth-order valence-corrected chi connectivity index (χ4v) is 0. The monoisotopic (exact) mass is 140 g/mol. The van der Waals surface area contributed by atoms with Crippen molar-refractivity contribution in [2.45, 2.75) is 0 Å². The number of hydrogen-bond acceptors (Lipinski definition) is 2. The summed E-state index contributed by atoms with van der Waals surface area (Å²) in [6.45, 7) is 0. The summed E-state index contributed by atoms with van der Waals surface area (Å²) in [7, 11) is 0. The van der Waals surface area contributed by atoms with Gasteiger partial charge in [-0.3, -0.25) is 4.79 Å². The maximum atomic E-state index is 9.29. The third-order valence-corrected chi connectivity index (χ3v) is 0.406. The van der Waals surface area contributed by atoms with Gasteiger partial charge in [-0.15, -0.1) is 0 Å². The Morgan fingerprint density at radius 3 is 1.71 bits per heavy atom. The van der Waals surface area contributed by atoms with Crippen LogP contribution in [0.5, 0.6) is 0 Å². The molecule has 5 heteroatoms.